The smallest absolute Gasteiger partial charge is 0.0471 e. The van der Waals surface area contributed by atoms with Crippen molar-refractivity contribution >= 4 is 17.3 Å². The molecule has 0 radical (unpaired) electrons. The quantitative estimate of drug-likeness (QED) is 0.835. The summed E-state index contributed by atoms with van der Waals surface area (Å²) in [6, 6.07) is 6.46. The Labute approximate surface area is 90.7 Å². The van der Waals surface area contributed by atoms with E-state index < -0.39 is 0 Å². The molecule has 0 unspecified atom stereocenters. The summed E-state index contributed by atoms with van der Waals surface area (Å²) in [5.41, 5.74) is 7.66. The molecule has 0 heterocycles. The van der Waals surface area contributed by atoms with E-state index in [1.54, 1.807) is 0 Å². The number of rotatable bonds is 3. The van der Waals surface area contributed by atoms with Gasteiger partial charge in [0.15, 0.2) is 0 Å². The van der Waals surface area contributed by atoms with Crippen LogP contribution in [0, 0.1) is 0 Å². The summed E-state index contributed by atoms with van der Waals surface area (Å²) in [4.78, 5) is 2.17. The van der Waals surface area contributed by atoms with Crippen LogP contribution in [-0.4, -0.2) is 13.1 Å². The lowest BCUT2D eigenvalue weighted by Gasteiger charge is -2.24. The number of hydrogen-bond donors (Lipinski definition) is 1. The molecule has 1 rings (SSSR count). The molecule has 0 bridgehead atoms. The fourth-order valence-electron chi connectivity index (χ4n) is 1.22. The summed E-state index contributed by atoms with van der Waals surface area (Å²) in [7, 11) is 2.05. The van der Waals surface area contributed by atoms with Crippen molar-refractivity contribution in [3.05, 3.63) is 28.8 Å². The maximum absolute atomic E-state index is 6.07. The van der Waals surface area contributed by atoms with Crippen LogP contribution in [0.2, 0.25) is 5.02 Å². The molecule has 0 aromatic heterocycles. The molecular weight excluding hydrogens is 196 g/mol. The van der Waals surface area contributed by atoms with Crippen molar-refractivity contribution < 1.29 is 0 Å². The van der Waals surface area contributed by atoms with Crippen LogP contribution in [0.3, 0.4) is 0 Å². The molecule has 0 aliphatic rings. The molecule has 0 aliphatic heterocycles. The predicted octanol–water partition coefficient (Wildman–Crippen LogP) is 2.64. The second kappa shape index (κ2) is 4.67. The average molecular weight is 213 g/mol. The summed E-state index contributed by atoms with van der Waals surface area (Å²) in [5.74, 6) is 0. The highest BCUT2D eigenvalue weighted by Gasteiger charge is 2.06. The fourth-order valence-corrected chi connectivity index (χ4v) is 1.47. The highest BCUT2D eigenvalue weighted by atomic mass is 35.5. The first kappa shape index (κ1) is 11.3. The molecule has 0 spiro atoms. The number of halogens is 1. The van der Waals surface area contributed by atoms with Crippen LogP contribution in [0.4, 0.5) is 5.69 Å². The Morgan fingerprint density at radius 2 is 2.07 bits per heavy atom. The zero-order chi connectivity index (χ0) is 10.7. The molecule has 1 aromatic carbocycles. The molecule has 2 nitrogen and oxygen atoms in total. The molecule has 0 aliphatic carbocycles. The van der Waals surface area contributed by atoms with E-state index in [4.69, 9.17) is 17.3 Å². The van der Waals surface area contributed by atoms with Gasteiger partial charge in [0.2, 0.25) is 0 Å². The summed E-state index contributed by atoms with van der Waals surface area (Å²) in [6.07, 6.45) is 0. The minimum atomic E-state index is 0.467. The van der Waals surface area contributed by atoms with Crippen molar-refractivity contribution in [1.29, 1.82) is 0 Å². The maximum atomic E-state index is 6.07. The lowest BCUT2D eigenvalue weighted by molar-refractivity contribution is 0.754. The van der Waals surface area contributed by atoms with Crippen LogP contribution in [0.5, 0.6) is 0 Å². The van der Waals surface area contributed by atoms with E-state index in [1.165, 1.54) is 0 Å². The number of benzene rings is 1. The van der Waals surface area contributed by atoms with Crippen LogP contribution in [0.25, 0.3) is 0 Å². The number of nitrogens with zero attached hydrogens (tertiary/aromatic N) is 1. The Hall–Kier alpha value is -0.730. The molecule has 2 N–H and O–H groups in total. The third-order valence-electron chi connectivity index (χ3n) is 2.44. The van der Waals surface area contributed by atoms with E-state index in [-0.39, 0.29) is 0 Å². The lowest BCUT2D eigenvalue weighted by atomic mass is 10.2. The monoisotopic (exact) mass is 212 g/mol. The van der Waals surface area contributed by atoms with E-state index in [1.807, 2.05) is 18.2 Å². The van der Waals surface area contributed by atoms with Gasteiger partial charge in [0.05, 0.1) is 0 Å². The van der Waals surface area contributed by atoms with Crippen LogP contribution in [0.15, 0.2) is 18.2 Å². The van der Waals surface area contributed by atoms with Gasteiger partial charge in [0.1, 0.15) is 0 Å². The molecule has 0 saturated heterocycles. The van der Waals surface area contributed by atoms with Crippen molar-refractivity contribution in [1.82, 2.24) is 0 Å². The third-order valence-corrected chi connectivity index (χ3v) is 2.79. The van der Waals surface area contributed by atoms with Crippen LogP contribution in [-0.2, 0) is 6.54 Å². The van der Waals surface area contributed by atoms with Gasteiger partial charge in [-0.25, -0.2) is 0 Å². The molecule has 78 valence electrons. The highest BCUT2D eigenvalue weighted by Crippen LogP contribution is 2.23. The van der Waals surface area contributed by atoms with Gasteiger partial charge in [-0.3, -0.25) is 0 Å². The summed E-state index contributed by atoms with van der Waals surface area (Å²) < 4.78 is 0. The van der Waals surface area contributed by atoms with Gasteiger partial charge in [0, 0.05) is 30.3 Å². The van der Waals surface area contributed by atoms with Crippen molar-refractivity contribution in [3.63, 3.8) is 0 Å². The van der Waals surface area contributed by atoms with Crippen molar-refractivity contribution in [2.75, 3.05) is 11.9 Å². The van der Waals surface area contributed by atoms with Gasteiger partial charge in [-0.1, -0.05) is 17.7 Å². The first-order valence-corrected chi connectivity index (χ1v) is 5.15. The van der Waals surface area contributed by atoms with Crippen molar-refractivity contribution in [2.24, 2.45) is 5.73 Å². The molecule has 0 amide bonds. The molecule has 3 heteroatoms. The summed E-state index contributed by atoms with van der Waals surface area (Å²) in [5, 5.41) is 0.748. The number of nitrogens with two attached hydrogens (primary N) is 1. The third kappa shape index (κ3) is 2.40. The number of hydrogen-bond acceptors (Lipinski definition) is 2. The molecular formula is C11H17ClN2. The minimum Gasteiger partial charge on any atom is -0.372 e. The van der Waals surface area contributed by atoms with E-state index in [0.717, 1.165) is 16.3 Å². The number of anilines is 1. The largest absolute Gasteiger partial charge is 0.372 e. The maximum Gasteiger partial charge on any atom is 0.0471 e. The average Bonchev–Trinajstić information content (AvgIpc) is 2.16. The van der Waals surface area contributed by atoms with Gasteiger partial charge in [0.25, 0.3) is 0 Å². The molecule has 0 saturated carbocycles. The van der Waals surface area contributed by atoms with E-state index in [9.17, 15) is 0 Å². The van der Waals surface area contributed by atoms with Crippen LogP contribution < -0.4 is 10.6 Å². The highest BCUT2D eigenvalue weighted by molar-refractivity contribution is 6.31. The van der Waals surface area contributed by atoms with Crippen molar-refractivity contribution in [3.8, 4) is 0 Å². The second-order valence-corrected chi connectivity index (χ2v) is 4.09. The fraction of sp³-hybridized carbons (Fsp3) is 0.455. The van der Waals surface area contributed by atoms with Gasteiger partial charge < -0.3 is 10.6 Å². The molecule has 14 heavy (non-hydrogen) atoms. The van der Waals surface area contributed by atoms with Gasteiger partial charge >= 0.3 is 0 Å². The Morgan fingerprint density at radius 3 is 2.50 bits per heavy atom. The van der Waals surface area contributed by atoms with Gasteiger partial charge in [-0.05, 0) is 31.5 Å². The van der Waals surface area contributed by atoms with E-state index in [0.29, 0.717) is 12.6 Å². The predicted molar refractivity (Wildman–Crippen MR) is 62.9 cm³/mol. The topological polar surface area (TPSA) is 29.3 Å². The normalized spacial score (nSPS) is 10.7. The lowest BCUT2D eigenvalue weighted by Crippen LogP contribution is -2.25. The van der Waals surface area contributed by atoms with Crippen LogP contribution >= 0.6 is 11.6 Å². The first-order valence-electron chi connectivity index (χ1n) is 4.77. The Bertz CT molecular complexity index is 310. The second-order valence-electron chi connectivity index (χ2n) is 3.68. The Balaban J connectivity index is 2.96. The summed E-state index contributed by atoms with van der Waals surface area (Å²) in [6.45, 7) is 4.78. The van der Waals surface area contributed by atoms with Gasteiger partial charge in [-0.15, -0.1) is 0 Å². The van der Waals surface area contributed by atoms with E-state index >= 15 is 0 Å². The standard InChI is InChI=1S/C11H17ClN2/c1-8(2)14(3)10-5-4-9(7-13)11(12)6-10/h4-6,8H,7,13H2,1-3H3. The molecule has 1 aromatic rings. The Kier molecular flexibility index (Phi) is 3.78. The van der Waals surface area contributed by atoms with E-state index in [2.05, 4.69) is 25.8 Å². The molecule has 0 fully saturated rings. The van der Waals surface area contributed by atoms with Gasteiger partial charge in [-0.2, -0.15) is 0 Å². The van der Waals surface area contributed by atoms with Crippen LogP contribution in [0.1, 0.15) is 19.4 Å². The summed E-state index contributed by atoms with van der Waals surface area (Å²) >= 11 is 6.07. The minimum absolute atomic E-state index is 0.467. The first-order chi connectivity index (χ1) is 6.56. The zero-order valence-electron chi connectivity index (χ0n) is 8.92. The molecule has 0 atom stereocenters. The van der Waals surface area contributed by atoms with Crippen molar-refractivity contribution in [2.45, 2.75) is 26.4 Å². The zero-order valence-corrected chi connectivity index (χ0v) is 9.67. The SMILES string of the molecule is CC(C)N(C)c1ccc(CN)c(Cl)c1. The Morgan fingerprint density at radius 1 is 1.43 bits per heavy atom.